The van der Waals surface area contributed by atoms with E-state index in [0.717, 1.165) is 19.4 Å². The van der Waals surface area contributed by atoms with Crippen LogP contribution in [0.4, 0.5) is 0 Å². The summed E-state index contributed by atoms with van der Waals surface area (Å²) in [6.45, 7) is 11.9. The van der Waals surface area contributed by atoms with Crippen molar-refractivity contribution in [2.45, 2.75) is 65.5 Å². The molecule has 1 heterocycles. The molecule has 1 unspecified atom stereocenters. The Morgan fingerprint density at radius 3 is 2.06 bits per heavy atom. The maximum Gasteiger partial charge on any atom is 0.240 e. The molecule has 0 aromatic carbocycles. The molecule has 1 atom stereocenters. The SMILES string of the molecule is CC1(C(=O)NC2C(C)(C)C2(C)C)CCCCN1.Cl. The fourth-order valence-electron chi connectivity index (χ4n) is 3.10. The van der Waals surface area contributed by atoms with Gasteiger partial charge in [0, 0.05) is 6.04 Å². The van der Waals surface area contributed by atoms with Crippen molar-refractivity contribution in [3.8, 4) is 0 Å². The Morgan fingerprint density at radius 1 is 1.11 bits per heavy atom. The average molecular weight is 275 g/mol. The van der Waals surface area contributed by atoms with E-state index in [2.05, 4.69) is 38.3 Å². The first-order valence-corrected chi connectivity index (χ1v) is 6.78. The molecule has 2 rings (SSSR count). The van der Waals surface area contributed by atoms with Crippen LogP contribution in [0.5, 0.6) is 0 Å². The van der Waals surface area contributed by atoms with Crippen LogP contribution >= 0.6 is 12.4 Å². The summed E-state index contributed by atoms with van der Waals surface area (Å²) in [6.07, 6.45) is 3.28. The molecule has 3 nitrogen and oxygen atoms in total. The van der Waals surface area contributed by atoms with Crippen LogP contribution in [-0.2, 0) is 4.79 Å². The number of carbonyl (C=O) groups is 1. The van der Waals surface area contributed by atoms with E-state index in [4.69, 9.17) is 0 Å². The predicted molar refractivity (Wildman–Crippen MR) is 77.0 cm³/mol. The highest BCUT2D eigenvalue weighted by molar-refractivity contribution is 5.86. The molecule has 0 bridgehead atoms. The first-order chi connectivity index (χ1) is 7.72. The Labute approximate surface area is 117 Å². The van der Waals surface area contributed by atoms with Crippen LogP contribution in [0.1, 0.15) is 53.9 Å². The van der Waals surface area contributed by atoms with E-state index < -0.39 is 0 Å². The molecule has 0 spiro atoms. The van der Waals surface area contributed by atoms with E-state index in [-0.39, 0.29) is 34.7 Å². The summed E-state index contributed by atoms with van der Waals surface area (Å²) in [5.74, 6) is 0.181. The van der Waals surface area contributed by atoms with Gasteiger partial charge in [-0.25, -0.2) is 0 Å². The third-order valence-electron chi connectivity index (χ3n) is 5.42. The van der Waals surface area contributed by atoms with Crippen molar-refractivity contribution in [2.24, 2.45) is 10.8 Å². The molecule has 2 fully saturated rings. The van der Waals surface area contributed by atoms with Crippen molar-refractivity contribution in [2.75, 3.05) is 6.54 Å². The van der Waals surface area contributed by atoms with E-state index in [1.54, 1.807) is 0 Å². The molecular formula is C14H27ClN2O. The van der Waals surface area contributed by atoms with E-state index in [1.807, 2.05) is 6.92 Å². The molecular weight excluding hydrogens is 248 g/mol. The fraction of sp³-hybridized carbons (Fsp3) is 0.929. The van der Waals surface area contributed by atoms with Crippen LogP contribution in [0, 0.1) is 10.8 Å². The average Bonchev–Trinajstić information content (AvgIpc) is 2.62. The molecule has 1 amide bonds. The zero-order valence-corrected chi connectivity index (χ0v) is 13.0. The molecule has 0 aromatic heterocycles. The second kappa shape index (κ2) is 4.68. The Hall–Kier alpha value is -0.280. The highest BCUT2D eigenvalue weighted by atomic mass is 35.5. The van der Waals surface area contributed by atoms with Gasteiger partial charge in [0.2, 0.25) is 5.91 Å². The van der Waals surface area contributed by atoms with Crippen molar-refractivity contribution in [1.29, 1.82) is 0 Å². The second-order valence-corrected chi connectivity index (χ2v) is 7.07. The highest BCUT2D eigenvalue weighted by Crippen LogP contribution is 2.62. The summed E-state index contributed by atoms with van der Waals surface area (Å²) < 4.78 is 0. The predicted octanol–water partition coefficient (Wildman–Crippen LogP) is 2.49. The van der Waals surface area contributed by atoms with Crippen molar-refractivity contribution >= 4 is 18.3 Å². The lowest BCUT2D eigenvalue weighted by molar-refractivity contribution is -0.128. The number of hydrogen-bond donors (Lipinski definition) is 2. The number of nitrogens with one attached hydrogen (secondary N) is 2. The number of halogens is 1. The van der Waals surface area contributed by atoms with Gasteiger partial charge in [0.05, 0.1) is 5.54 Å². The van der Waals surface area contributed by atoms with Gasteiger partial charge in [0.15, 0.2) is 0 Å². The number of amides is 1. The molecule has 2 aliphatic rings. The maximum absolute atomic E-state index is 12.4. The highest BCUT2D eigenvalue weighted by Gasteiger charge is 2.65. The van der Waals surface area contributed by atoms with Gasteiger partial charge in [0.1, 0.15) is 0 Å². The monoisotopic (exact) mass is 274 g/mol. The van der Waals surface area contributed by atoms with Crippen LogP contribution in [0.2, 0.25) is 0 Å². The number of hydrogen-bond acceptors (Lipinski definition) is 2. The lowest BCUT2D eigenvalue weighted by Gasteiger charge is -2.33. The third-order valence-corrected chi connectivity index (χ3v) is 5.42. The minimum atomic E-state index is -0.354. The third kappa shape index (κ3) is 2.27. The Balaban J connectivity index is 0.00000162. The molecule has 1 saturated carbocycles. The largest absolute Gasteiger partial charge is 0.351 e. The molecule has 1 aliphatic carbocycles. The molecule has 1 aliphatic heterocycles. The summed E-state index contributed by atoms with van der Waals surface area (Å²) in [5.41, 5.74) is 0.0778. The number of rotatable bonds is 2. The molecule has 18 heavy (non-hydrogen) atoms. The van der Waals surface area contributed by atoms with Crippen molar-refractivity contribution in [3.05, 3.63) is 0 Å². The van der Waals surface area contributed by atoms with E-state index in [0.29, 0.717) is 6.04 Å². The van der Waals surface area contributed by atoms with Crippen molar-refractivity contribution < 1.29 is 4.79 Å². The second-order valence-electron chi connectivity index (χ2n) is 7.07. The van der Waals surface area contributed by atoms with Gasteiger partial charge in [-0.2, -0.15) is 0 Å². The fourth-order valence-corrected chi connectivity index (χ4v) is 3.10. The number of carbonyl (C=O) groups excluding carboxylic acids is 1. The maximum atomic E-state index is 12.4. The normalized spacial score (nSPS) is 33.4. The summed E-state index contributed by atoms with van der Waals surface area (Å²) >= 11 is 0. The van der Waals surface area contributed by atoms with E-state index in [9.17, 15) is 4.79 Å². The Morgan fingerprint density at radius 2 is 1.67 bits per heavy atom. The number of piperidine rings is 1. The van der Waals surface area contributed by atoms with Crippen LogP contribution in [0.15, 0.2) is 0 Å². The summed E-state index contributed by atoms with van der Waals surface area (Å²) in [4.78, 5) is 12.4. The molecule has 0 radical (unpaired) electrons. The van der Waals surface area contributed by atoms with Crippen LogP contribution in [0.25, 0.3) is 0 Å². The van der Waals surface area contributed by atoms with Gasteiger partial charge in [-0.3, -0.25) is 4.79 Å². The van der Waals surface area contributed by atoms with Gasteiger partial charge >= 0.3 is 0 Å². The van der Waals surface area contributed by atoms with Gasteiger partial charge in [0.25, 0.3) is 0 Å². The summed E-state index contributed by atoms with van der Waals surface area (Å²) in [6, 6.07) is 0.308. The topological polar surface area (TPSA) is 41.1 Å². The Bertz CT molecular complexity index is 319. The first kappa shape index (κ1) is 15.8. The van der Waals surface area contributed by atoms with E-state index in [1.165, 1.54) is 6.42 Å². The lowest BCUT2D eigenvalue weighted by atomic mass is 9.90. The zero-order chi connectivity index (χ0) is 12.9. The standard InChI is InChI=1S/C14H26N2O.ClH/c1-12(2)10(13(12,3)4)16-11(17)14(5)8-6-7-9-15-14;/h10,15H,6-9H2,1-5H3,(H,16,17);1H. The van der Waals surface area contributed by atoms with Crippen LogP contribution < -0.4 is 10.6 Å². The summed E-state index contributed by atoms with van der Waals surface area (Å²) in [5, 5.41) is 6.61. The van der Waals surface area contributed by atoms with Crippen molar-refractivity contribution in [1.82, 2.24) is 10.6 Å². The lowest BCUT2D eigenvalue weighted by Crippen LogP contribution is -2.57. The van der Waals surface area contributed by atoms with Gasteiger partial charge in [-0.15, -0.1) is 12.4 Å². The minimum absolute atomic E-state index is 0. The van der Waals surface area contributed by atoms with E-state index >= 15 is 0 Å². The molecule has 106 valence electrons. The van der Waals surface area contributed by atoms with Crippen LogP contribution in [0.3, 0.4) is 0 Å². The quantitative estimate of drug-likeness (QED) is 0.812. The van der Waals surface area contributed by atoms with Gasteiger partial charge in [-0.1, -0.05) is 27.7 Å². The Kier molecular flexibility index (Phi) is 4.10. The van der Waals surface area contributed by atoms with Gasteiger partial charge in [-0.05, 0) is 43.6 Å². The smallest absolute Gasteiger partial charge is 0.240 e. The molecule has 2 N–H and O–H groups in total. The molecule has 0 aromatic rings. The van der Waals surface area contributed by atoms with Crippen LogP contribution in [-0.4, -0.2) is 24.0 Å². The molecule has 1 saturated heterocycles. The molecule has 4 heteroatoms. The minimum Gasteiger partial charge on any atom is -0.351 e. The van der Waals surface area contributed by atoms with Gasteiger partial charge < -0.3 is 10.6 Å². The van der Waals surface area contributed by atoms with Crippen molar-refractivity contribution in [3.63, 3.8) is 0 Å². The summed E-state index contributed by atoms with van der Waals surface area (Å²) in [7, 11) is 0. The zero-order valence-electron chi connectivity index (χ0n) is 12.2. The first-order valence-electron chi connectivity index (χ1n) is 6.78.